The predicted octanol–water partition coefficient (Wildman–Crippen LogP) is 2.15. The van der Waals surface area contributed by atoms with Crippen LogP contribution in [0.1, 0.15) is 11.1 Å². The number of anilines is 2. The molecule has 0 spiro atoms. The van der Waals surface area contributed by atoms with Crippen molar-refractivity contribution in [3.05, 3.63) is 23.3 Å². The molecule has 0 saturated heterocycles. The minimum absolute atomic E-state index is 0.670. The molecule has 0 bridgehead atoms. The van der Waals surface area contributed by atoms with E-state index in [0.717, 1.165) is 0 Å². The summed E-state index contributed by atoms with van der Waals surface area (Å²) in [5.41, 5.74) is 14.8. The number of nitrogens with two attached hydrogens (primary N) is 2. The van der Waals surface area contributed by atoms with Crippen LogP contribution in [0.15, 0.2) is 12.1 Å². The van der Waals surface area contributed by atoms with Crippen LogP contribution in [0.4, 0.5) is 11.4 Å². The van der Waals surface area contributed by atoms with Gasteiger partial charge in [0.2, 0.25) is 0 Å². The van der Waals surface area contributed by atoms with Gasteiger partial charge >= 0.3 is 28.2 Å². The second kappa shape index (κ2) is 5.45. The third-order valence-corrected chi connectivity index (χ3v) is 1.70. The Labute approximate surface area is 88.1 Å². The number of aryl methyl sites for hydroxylation is 2. The van der Waals surface area contributed by atoms with Crippen molar-refractivity contribution in [2.75, 3.05) is 11.5 Å². The molecule has 0 aliphatic heterocycles. The van der Waals surface area contributed by atoms with E-state index in [2.05, 4.69) is 9.42 Å². The van der Waals surface area contributed by atoms with Crippen LogP contribution >= 0.6 is 9.42 Å². The van der Waals surface area contributed by atoms with Crippen molar-refractivity contribution >= 4 is 20.8 Å². The summed E-state index contributed by atoms with van der Waals surface area (Å²) in [5, 5.41) is 0. The molecule has 0 atom stereocenters. The molecule has 4 N–H and O–H groups in total. The van der Waals surface area contributed by atoms with E-state index in [1.54, 1.807) is 18.8 Å². The van der Waals surface area contributed by atoms with Crippen LogP contribution in [0.2, 0.25) is 0 Å². The van der Waals surface area contributed by atoms with E-state index in [1.165, 1.54) is 11.1 Å². The van der Waals surface area contributed by atoms with Gasteiger partial charge in [-0.2, -0.15) is 0 Å². The number of hydrogen-bond donors (Lipinski definition) is 2. The van der Waals surface area contributed by atoms with Crippen molar-refractivity contribution in [3.63, 3.8) is 0 Å². The Morgan fingerprint density at radius 3 is 1.50 bits per heavy atom. The van der Waals surface area contributed by atoms with Crippen molar-refractivity contribution in [1.82, 2.24) is 0 Å². The molecule has 0 radical (unpaired) electrons. The van der Waals surface area contributed by atoms with Crippen molar-refractivity contribution in [2.24, 2.45) is 0 Å². The first-order valence-electron chi connectivity index (χ1n) is 3.35. The Morgan fingerprint density at radius 1 is 1.00 bits per heavy atom. The summed E-state index contributed by atoms with van der Waals surface area (Å²) in [7, 11) is 4.61. The summed E-state index contributed by atoms with van der Waals surface area (Å²) in [6, 6.07) is 3.79. The van der Waals surface area contributed by atoms with E-state index < -0.39 is 0 Å². The molecule has 0 heterocycles. The van der Waals surface area contributed by atoms with Gasteiger partial charge in [0.15, 0.2) is 0 Å². The first-order valence-corrected chi connectivity index (χ1v) is 6.17. The molecule has 0 fully saturated rings. The molecular formula is C8H12ClN2Pt. The number of halogens is 1. The van der Waals surface area contributed by atoms with Crippen LogP contribution in [-0.4, -0.2) is 0 Å². The van der Waals surface area contributed by atoms with E-state index >= 15 is 0 Å². The van der Waals surface area contributed by atoms with Gasteiger partial charge in [0.25, 0.3) is 0 Å². The molecule has 0 unspecified atom stereocenters. The van der Waals surface area contributed by atoms with Crippen molar-refractivity contribution in [2.45, 2.75) is 13.8 Å². The summed E-state index contributed by atoms with van der Waals surface area (Å²) < 4.78 is 0. The zero-order valence-electron chi connectivity index (χ0n) is 7.00. The fourth-order valence-corrected chi connectivity index (χ4v) is 0.861. The molecule has 4 heteroatoms. The number of nitrogen functional groups attached to an aromatic ring is 2. The van der Waals surface area contributed by atoms with Crippen LogP contribution < -0.4 is 11.5 Å². The van der Waals surface area contributed by atoms with Gasteiger partial charge in [-0.05, 0) is 37.1 Å². The fraction of sp³-hybridized carbons (Fsp3) is 0.250. The van der Waals surface area contributed by atoms with Gasteiger partial charge in [-0.15, -0.1) is 0 Å². The molecule has 2 nitrogen and oxygen atoms in total. The molecule has 1 aromatic carbocycles. The van der Waals surface area contributed by atoms with Crippen molar-refractivity contribution < 1.29 is 18.8 Å². The average Bonchev–Trinajstić information content (AvgIpc) is 2.05. The van der Waals surface area contributed by atoms with Gasteiger partial charge in [0.1, 0.15) is 0 Å². The summed E-state index contributed by atoms with van der Waals surface area (Å²) in [4.78, 5) is 0. The standard InChI is InChI=1S/C8H12N2.ClH.Pt/c1-5-3-7(9)8(10)4-6(5)2;;/h3-4H,9-10H2,1-2H3;1H;/q;;+1/p-1. The maximum atomic E-state index is 5.56. The zero-order chi connectivity index (χ0) is 9.72. The van der Waals surface area contributed by atoms with E-state index in [9.17, 15) is 0 Å². The Balaban J connectivity index is 0.000000561. The van der Waals surface area contributed by atoms with Gasteiger partial charge in [-0.25, -0.2) is 0 Å². The molecule has 0 aliphatic carbocycles. The van der Waals surface area contributed by atoms with Gasteiger partial charge in [0, 0.05) is 0 Å². The van der Waals surface area contributed by atoms with E-state index in [0.29, 0.717) is 11.4 Å². The second-order valence-corrected chi connectivity index (χ2v) is 2.57. The van der Waals surface area contributed by atoms with E-state index in [1.807, 2.05) is 26.0 Å². The molecule has 1 rings (SSSR count). The monoisotopic (exact) mass is 366 g/mol. The number of rotatable bonds is 0. The average molecular weight is 367 g/mol. The first-order chi connectivity index (χ1) is 5.61. The maximum absolute atomic E-state index is 5.56. The molecule has 1 aromatic rings. The summed E-state index contributed by atoms with van der Waals surface area (Å²) in [6.07, 6.45) is 0. The summed E-state index contributed by atoms with van der Waals surface area (Å²) in [5.74, 6) is 0. The normalized spacial score (nSPS) is 8.75. The summed E-state index contributed by atoms with van der Waals surface area (Å²) >= 11 is 1.61. The molecule has 12 heavy (non-hydrogen) atoms. The molecule has 0 aromatic heterocycles. The van der Waals surface area contributed by atoms with Crippen molar-refractivity contribution in [1.29, 1.82) is 0 Å². The molecule has 0 saturated carbocycles. The van der Waals surface area contributed by atoms with Gasteiger partial charge in [0.05, 0.1) is 11.4 Å². The molecular weight excluding hydrogens is 355 g/mol. The molecule has 0 aliphatic rings. The van der Waals surface area contributed by atoms with Crippen LogP contribution in [-0.2, 0) is 18.8 Å². The van der Waals surface area contributed by atoms with Gasteiger partial charge in [-0.3, -0.25) is 0 Å². The first kappa shape index (κ1) is 11.8. The van der Waals surface area contributed by atoms with Crippen LogP contribution in [0, 0.1) is 13.8 Å². The third-order valence-electron chi connectivity index (χ3n) is 1.70. The SMILES string of the molecule is Cc1cc(N)c(N)cc1C.[Cl][Pt]. The Bertz CT molecular complexity index is 213. The van der Waals surface area contributed by atoms with Crippen LogP contribution in [0.5, 0.6) is 0 Å². The van der Waals surface area contributed by atoms with Gasteiger partial charge < -0.3 is 11.5 Å². The zero-order valence-corrected chi connectivity index (χ0v) is 10.0. The van der Waals surface area contributed by atoms with Crippen LogP contribution in [0.3, 0.4) is 0 Å². The Kier molecular flexibility index (Phi) is 5.35. The predicted molar refractivity (Wildman–Crippen MR) is 50.6 cm³/mol. The fourth-order valence-electron chi connectivity index (χ4n) is 0.861. The second-order valence-electron chi connectivity index (χ2n) is 2.57. The molecule has 0 amide bonds. The minimum atomic E-state index is 0.670. The Hall–Kier alpha value is -0.202. The number of benzene rings is 1. The quantitative estimate of drug-likeness (QED) is 0.691. The van der Waals surface area contributed by atoms with Gasteiger partial charge in [-0.1, -0.05) is 0 Å². The number of hydrogen-bond acceptors (Lipinski definition) is 2. The Morgan fingerprint density at radius 2 is 1.25 bits per heavy atom. The summed E-state index contributed by atoms with van der Waals surface area (Å²) in [6.45, 7) is 4.04. The van der Waals surface area contributed by atoms with Crippen LogP contribution in [0.25, 0.3) is 0 Å². The topological polar surface area (TPSA) is 52.0 Å². The van der Waals surface area contributed by atoms with E-state index in [-0.39, 0.29) is 0 Å². The van der Waals surface area contributed by atoms with E-state index in [4.69, 9.17) is 11.5 Å². The molecule has 71 valence electrons. The van der Waals surface area contributed by atoms with Crippen molar-refractivity contribution in [3.8, 4) is 0 Å². The third kappa shape index (κ3) is 3.04.